The van der Waals surface area contributed by atoms with E-state index in [0.29, 0.717) is 21.9 Å². The summed E-state index contributed by atoms with van der Waals surface area (Å²) in [6, 6.07) is 1.73. The molecule has 2 aromatic heterocycles. The zero-order valence-corrected chi connectivity index (χ0v) is 7.62. The van der Waals surface area contributed by atoms with Crippen molar-refractivity contribution >= 4 is 22.6 Å². The molecule has 0 aliphatic carbocycles. The Hall–Kier alpha value is -1.42. The van der Waals surface area contributed by atoms with Gasteiger partial charge in [-0.05, 0) is 0 Å². The van der Waals surface area contributed by atoms with Gasteiger partial charge in [-0.1, -0.05) is 11.6 Å². The lowest BCUT2D eigenvalue weighted by Crippen LogP contribution is -1.91. The van der Waals surface area contributed by atoms with Crippen LogP contribution in [0.2, 0.25) is 5.15 Å². The Morgan fingerprint density at radius 1 is 1.23 bits per heavy atom. The number of hydrogen-bond donors (Lipinski definition) is 0. The second-order valence-corrected chi connectivity index (χ2v) is 2.73. The molecule has 0 aliphatic heterocycles. The van der Waals surface area contributed by atoms with Crippen LogP contribution in [0.3, 0.4) is 0 Å². The maximum absolute atomic E-state index is 5.82. The summed E-state index contributed by atoms with van der Waals surface area (Å²) in [6.45, 7) is 0. The average molecular weight is 196 g/mol. The Labute approximate surface area is 79.6 Å². The number of ether oxygens (including phenoxy) is 1. The summed E-state index contributed by atoms with van der Waals surface area (Å²) in [5, 5.41) is 0.337. The Kier molecular flexibility index (Phi) is 1.98. The van der Waals surface area contributed by atoms with E-state index in [1.807, 2.05) is 0 Å². The summed E-state index contributed by atoms with van der Waals surface area (Å²) in [6.07, 6.45) is 2.99. The normalized spacial score (nSPS) is 10.3. The smallest absolute Gasteiger partial charge is 0.158 e. The molecule has 0 spiro atoms. The van der Waals surface area contributed by atoms with E-state index in [4.69, 9.17) is 16.3 Å². The highest BCUT2D eigenvalue weighted by atomic mass is 35.5. The first-order valence-electron chi connectivity index (χ1n) is 3.62. The van der Waals surface area contributed by atoms with Gasteiger partial charge >= 0.3 is 0 Å². The predicted molar refractivity (Wildman–Crippen MR) is 48.9 cm³/mol. The molecule has 5 heteroatoms. The van der Waals surface area contributed by atoms with Gasteiger partial charge in [0.05, 0.1) is 7.11 Å². The van der Waals surface area contributed by atoms with Crippen molar-refractivity contribution in [1.29, 1.82) is 0 Å². The molecule has 0 aromatic carbocycles. The van der Waals surface area contributed by atoms with Crippen molar-refractivity contribution in [2.45, 2.75) is 0 Å². The fourth-order valence-electron chi connectivity index (χ4n) is 1.08. The Morgan fingerprint density at radius 2 is 2.08 bits per heavy atom. The van der Waals surface area contributed by atoms with E-state index >= 15 is 0 Å². The summed E-state index contributed by atoms with van der Waals surface area (Å²) in [5.41, 5.74) is 1.19. The first-order chi connectivity index (χ1) is 6.33. The molecule has 13 heavy (non-hydrogen) atoms. The van der Waals surface area contributed by atoms with Crippen LogP contribution in [0.5, 0.6) is 5.75 Å². The second-order valence-electron chi connectivity index (χ2n) is 2.37. The van der Waals surface area contributed by atoms with E-state index < -0.39 is 0 Å². The van der Waals surface area contributed by atoms with Gasteiger partial charge in [0.2, 0.25) is 0 Å². The Bertz CT molecular complexity index is 446. The third kappa shape index (κ3) is 1.29. The molecule has 66 valence electrons. The van der Waals surface area contributed by atoms with Crippen LogP contribution in [0.15, 0.2) is 18.6 Å². The van der Waals surface area contributed by atoms with Crippen molar-refractivity contribution in [2.75, 3.05) is 7.11 Å². The molecule has 2 aromatic rings. The number of halogens is 1. The van der Waals surface area contributed by atoms with Crippen LogP contribution in [0.4, 0.5) is 0 Å². The fraction of sp³-hybridized carbons (Fsp3) is 0.125. The van der Waals surface area contributed by atoms with Crippen molar-refractivity contribution in [3.8, 4) is 5.75 Å². The fourth-order valence-corrected chi connectivity index (χ4v) is 1.26. The number of pyridine rings is 1. The SMILES string of the molecule is COc1ccnc2c(Cl)ncnc12. The van der Waals surface area contributed by atoms with E-state index in [9.17, 15) is 0 Å². The summed E-state index contributed by atoms with van der Waals surface area (Å²) < 4.78 is 5.09. The zero-order valence-electron chi connectivity index (χ0n) is 6.86. The average Bonchev–Trinajstić information content (AvgIpc) is 2.18. The molecule has 0 saturated carbocycles. The monoisotopic (exact) mass is 195 g/mol. The number of methoxy groups -OCH3 is 1. The summed E-state index contributed by atoms with van der Waals surface area (Å²) >= 11 is 5.82. The van der Waals surface area contributed by atoms with Crippen molar-refractivity contribution in [1.82, 2.24) is 15.0 Å². The minimum absolute atomic E-state index is 0.337. The molecule has 0 atom stereocenters. The van der Waals surface area contributed by atoms with Crippen molar-refractivity contribution < 1.29 is 4.74 Å². The molecule has 0 unspecified atom stereocenters. The van der Waals surface area contributed by atoms with Crippen LogP contribution in [0.25, 0.3) is 11.0 Å². The molecule has 0 N–H and O–H groups in total. The van der Waals surface area contributed by atoms with Crippen LogP contribution in [-0.4, -0.2) is 22.1 Å². The number of hydrogen-bond acceptors (Lipinski definition) is 4. The topological polar surface area (TPSA) is 47.9 Å². The van der Waals surface area contributed by atoms with Gasteiger partial charge in [0.25, 0.3) is 0 Å². The van der Waals surface area contributed by atoms with Crippen molar-refractivity contribution in [2.24, 2.45) is 0 Å². The maximum atomic E-state index is 5.82. The van der Waals surface area contributed by atoms with Gasteiger partial charge in [0.1, 0.15) is 23.1 Å². The van der Waals surface area contributed by atoms with Gasteiger partial charge < -0.3 is 4.74 Å². The quantitative estimate of drug-likeness (QED) is 0.650. The highest BCUT2D eigenvalue weighted by Crippen LogP contribution is 2.24. The summed E-state index contributed by atoms with van der Waals surface area (Å²) in [7, 11) is 1.57. The summed E-state index contributed by atoms with van der Waals surface area (Å²) in [4.78, 5) is 11.9. The molecule has 0 fully saturated rings. The third-order valence-electron chi connectivity index (χ3n) is 1.66. The first kappa shape index (κ1) is 8.19. The third-order valence-corrected chi connectivity index (χ3v) is 1.94. The largest absolute Gasteiger partial charge is 0.494 e. The first-order valence-corrected chi connectivity index (χ1v) is 4.00. The molecule has 4 nitrogen and oxygen atoms in total. The molecule has 2 heterocycles. The van der Waals surface area contributed by atoms with E-state index in [1.165, 1.54) is 6.33 Å². The lowest BCUT2D eigenvalue weighted by Gasteiger charge is -2.02. The van der Waals surface area contributed by atoms with E-state index in [0.717, 1.165) is 0 Å². The summed E-state index contributed by atoms with van der Waals surface area (Å²) in [5.74, 6) is 0.648. The van der Waals surface area contributed by atoms with Crippen LogP contribution >= 0.6 is 11.6 Å². The van der Waals surface area contributed by atoms with Crippen molar-refractivity contribution in [3.63, 3.8) is 0 Å². The van der Waals surface area contributed by atoms with E-state index in [-0.39, 0.29) is 0 Å². The molecule has 0 bridgehead atoms. The highest BCUT2D eigenvalue weighted by molar-refractivity contribution is 6.33. The number of aromatic nitrogens is 3. The van der Waals surface area contributed by atoms with Crippen LogP contribution in [-0.2, 0) is 0 Å². The molecule has 0 amide bonds. The number of rotatable bonds is 1. The van der Waals surface area contributed by atoms with Gasteiger partial charge in [-0.2, -0.15) is 0 Å². The second kappa shape index (κ2) is 3.14. The maximum Gasteiger partial charge on any atom is 0.158 e. The molecular formula is C8H6ClN3O. The highest BCUT2D eigenvalue weighted by Gasteiger charge is 2.06. The van der Waals surface area contributed by atoms with Crippen LogP contribution < -0.4 is 4.74 Å². The lowest BCUT2D eigenvalue weighted by molar-refractivity contribution is 0.418. The van der Waals surface area contributed by atoms with Crippen LogP contribution in [0.1, 0.15) is 0 Å². The van der Waals surface area contributed by atoms with Gasteiger partial charge in [-0.3, -0.25) is 4.98 Å². The standard InChI is InChI=1S/C8H6ClN3O/c1-13-5-2-3-10-7-6(5)11-4-12-8(7)9/h2-4H,1H3. The Balaban J connectivity index is 2.84. The molecule has 0 aliphatic rings. The Morgan fingerprint density at radius 3 is 2.85 bits per heavy atom. The molecular weight excluding hydrogens is 190 g/mol. The van der Waals surface area contributed by atoms with Crippen molar-refractivity contribution in [3.05, 3.63) is 23.7 Å². The predicted octanol–water partition coefficient (Wildman–Crippen LogP) is 1.69. The molecule has 0 saturated heterocycles. The van der Waals surface area contributed by atoms with Gasteiger partial charge in [0.15, 0.2) is 5.15 Å². The van der Waals surface area contributed by atoms with E-state index in [2.05, 4.69) is 15.0 Å². The number of nitrogens with zero attached hydrogens (tertiary/aromatic N) is 3. The zero-order chi connectivity index (χ0) is 9.26. The molecule has 2 rings (SSSR count). The van der Waals surface area contributed by atoms with E-state index in [1.54, 1.807) is 19.4 Å². The number of fused-ring (bicyclic) bond motifs is 1. The lowest BCUT2D eigenvalue weighted by atomic mass is 10.3. The minimum atomic E-state index is 0.337. The van der Waals surface area contributed by atoms with Gasteiger partial charge in [-0.25, -0.2) is 9.97 Å². The minimum Gasteiger partial charge on any atom is -0.494 e. The molecule has 0 radical (unpaired) electrons. The van der Waals surface area contributed by atoms with Crippen LogP contribution in [0, 0.1) is 0 Å². The van der Waals surface area contributed by atoms with Gasteiger partial charge in [-0.15, -0.1) is 0 Å². The van der Waals surface area contributed by atoms with Gasteiger partial charge in [0, 0.05) is 12.3 Å².